The summed E-state index contributed by atoms with van der Waals surface area (Å²) in [6, 6.07) is -0.923. The van der Waals surface area contributed by atoms with Crippen molar-refractivity contribution in [1.29, 1.82) is 0 Å². The molecule has 9 N–H and O–H groups in total. The molecule has 0 aromatic carbocycles. The van der Waals surface area contributed by atoms with Gasteiger partial charge < -0.3 is 65.1 Å². The van der Waals surface area contributed by atoms with E-state index in [2.05, 4.69) is 129 Å². The number of hydrogen-bond donors (Lipinski definition) is 9. The minimum absolute atomic E-state index is 0.257. The topological polar surface area (TPSA) is 228 Å². The van der Waals surface area contributed by atoms with Crippen LogP contribution in [0.4, 0.5) is 0 Å². The Morgan fingerprint density at radius 1 is 0.474 bits per heavy atom. The van der Waals surface area contributed by atoms with Crippen molar-refractivity contribution in [2.45, 2.75) is 254 Å². The lowest BCUT2D eigenvalue weighted by Gasteiger charge is -2.46. The minimum atomic E-state index is -1.79. The van der Waals surface area contributed by atoms with Gasteiger partial charge in [-0.25, -0.2) is 0 Å². The van der Waals surface area contributed by atoms with E-state index in [9.17, 15) is 45.6 Å². The smallest absolute Gasteiger partial charge is 0.220 e. The summed E-state index contributed by atoms with van der Waals surface area (Å²) in [6.45, 7) is 2.58. The van der Waals surface area contributed by atoms with Crippen molar-refractivity contribution in [2.75, 3.05) is 19.8 Å². The van der Waals surface area contributed by atoms with Crippen molar-refractivity contribution in [1.82, 2.24) is 5.32 Å². The molecule has 2 aliphatic rings. The molecule has 14 nitrogen and oxygen atoms in total. The van der Waals surface area contributed by atoms with Gasteiger partial charge in [0, 0.05) is 6.42 Å². The summed E-state index contributed by atoms with van der Waals surface area (Å²) in [5.74, 6) is -0.257. The molecule has 2 fully saturated rings. The van der Waals surface area contributed by atoms with Crippen LogP contribution < -0.4 is 5.32 Å². The van der Waals surface area contributed by atoms with Gasteiger partial charge in [0.05, 0.1) is 32.0 Å². The van der Waals surface area contributed by atoms with Crippen LogP contribution >= 0.6 is 0 Å². The van der Waals surface area contributed by atoms with E-state index in [1.807, 2.05) is 6.08 Å². The molecule has 14 heteroatoms. The van der Waals surface area contributed by atoms with E-state index in [-0.39, 0.29) is 18.9 Å². The molecule has 0 aromatic rings. The Balaban J connectivity index is 1.59. The SMILES string of the molecule is CC/C=C\C/C=C\C/C=C\C/C=C\C/C=C\C/C=C\C/C=C\C/C=C\C/C=C\CCCCCCCCCCCC(=O)NC(COC1OC(CO)C(OC2OC(CO)C(O)C(O)C2O)C(O)C1O)C(O)/C=C/CCCCCCC. The Labute approximate surface area is 469 Å². The zero-order valence-electron chi connectivity index (χ0n) is 47.6. The summed E-state index contributed by atoms with van der Waals surface area (Å²) in [4.78, 5) is 13.2. The molecule has 2 saturated heterocycles. The molecule has 0 bridgehead atoms. The Kier molecular flexibility index (Phi) is 43.5. The normalized spacial score (nSPS) is 25.5. The average Bonchev–Trinajstić information content (AvgIpc) is 3.47. The fourth-order valence-corrected chi connectivity index (χ4v) is 8.87. The lowest BCUT2D eigenvalue weighted by Crippen LogP contribution is -2.65. The highest BCUT2D eigenvalue weighted by Gasteiger charge is 2.51. The lowest BCUT2D eigenvalue weighted by molar-refractivity contribution is -0.359. The summed E-state index contributed by atoms with van der Waals surface area (Å²) >= 11 is 0. The third-order valence-electron chi connectivity index (χ3n) is 13.7. The van der Waals surface area contributed by atoms with Gasteiger partial charge in [0.1, 0.15) is 48.8 Å². The maximum atomic E-state index is 13.2. The highest BCUT2D eigenvalue weighted by Crippen LogP contribution is 2.30. The van der Waals surface area contributed by atoms with Crippen molar-refractivity contribution < 1.29 is 64.6 Å². The van der Waals surface area contributed by atoms with Crippen molar-refractivity contribution in [3.63, 3.8) is 0 Å². The number of nitrogens with one attached hydrogen (secondary N) is 1. The van der Waals surface area contributed by atoms with Crippen molar-refractivity contribution >= 4 is 5.91 Å². The van der Waals surface area contributed by atoms with E-state index < -0.39 is 86.8 Å². The number of rotatable bonds is 45. The van der Waals surface area contributed by atoms with Crippen molar-refractivity contribution in [3.05, 3.63) is 122 Å². The number of carbonyl (C=O) groups is 1. The number of aliphatic hydroxyl groups excluding tert-OH is 8. The second-order valence-corrected chi connectivity index (χ2v) is 20.4. The number of unbranched alkanes of at least 4 members (excludes halogenated alkanes) is 14. The molecule has 12 atom stereocenters. The largest absolute Gasteiger partial charge is 0.394 e. The van der Waals surface area contributed by atoms with Crippen LogP contribution in [0.2, 0.25) is 0 Å². The highest BCUT2D eigenvalue weighted by molar-refractivity contribution is 5.76. The number of allylic oxidation sites excluding steroid dienone is 19. The van der Waals surface area contributed by atoms with Gasteiger partial charge in [-0.2, -0.15) is 0 Å². The van der Waals surface area contributed by atoms with E-state index in [1.165, 1.54) is 38.5 Å². The zero-order valence-corrected chi connectivity index (χ0v) is 47.6. The fraction of sp³-hybridized carbons (Fsp3) is 0.672. The van der Waals surface area contributed by atoms with Crippen LogP contribution in [0.15, 0.2) is 122 Å². The van der Waals surface area contributed by atoms with Crippen molar-refractivity contribution in [3.8, 4) is 0 Å². The summed E-state index contributed by atoms with van der Waals surface area (Å²) in [6.07, 6.45) is 52.9. The molecule has 2 heterocycles. The second kappa shape index (κ2) is 48.1. The molecule has 0 radical (unpaired) electrons. The predicted octanol–water partition coefficient (Wildman–Crippen LogP) is 10.2. The van der Waals surface area contributed by atoms with Crippen LogP contribution in [0.5, 0.6) is 0 Å². The van der Waals surface area contributed by atoms with Gasteiger partial charge in [0.2, 0.25) is 5.91 Å². The van der Waals surface area contributed by atoms with Gasteiger partial charge in [0.15, 0.2) is 12.6 Å². The van der Waals surface area contributed by atoms with E-state index in [0.29, 0.717) is 6.42 Å². The number of aliphatic hydroxyl groups is 8. The molecular formula is C64H105NO13. The molecule has 0 aliphatic carbocycles. The number of ether oxygens (including phenoxy) is 4. The van der Waals surface area contributed by atoms with Gasteiger partial charge >= 0.3 is 0 Å². The Morgan fingerprint density at radius 3 is 1.36 bits per heavy atom. The lowest BCUT2D eigenvalue weighted by atomic mass is 9.97. The molecule has 0 spiro atoms. The van der Waals surface area contributed by atoms with E-state index in [0.717, 1.165) is 116 Å². The standard InChI is InChI=1S/C64H105NO13/c1-3-5-7-9-11-12-13-14-15-16-17-18-19-20-21-22-23-24-25-26-27-28-29-30-31-32-33-34-35-36-37-38-39-40-42-44-46-48-56(69)65-52(53(68)47-45-43-41-10-8-6-4-2)51-75-63-61(74)59(72)62(55(50-67)77-63)78-64-60(73)58(71)57(70)54(49-66)76-64/h5,7,11-12,14-15,17-18,20-21,23-24,26-27,29-30,32-33,45,47,52-55,57-64,66-68,70-74H,3-4,6,8-10,13,16,19,22,25,28,31,34-44,46,48-51H2,1-2H3,(H,65,69)/b7-5-,12-11-,15-14-,18-17-,21-20-,24-23-,27-26-,30-29-,33-32-,47-45+. The second-order valence-electron chi connectivity index (χ2n) is 20.4. The minimum Gasteiger partial charge on any atom is -0.394 e. The van der Waals surface area contributed by atoms with E-state index in [4.69, 9.17) is 18.9 Å². The van der Waals surface area contributed by atoms with Crippen LogP contribution in [0, 0.1) is 0 Å². The zero-order chi connectivity index (χ0) is 56.7. The maximum absolute atomic E-state index is 13.2. The van der Waals surface area contributed by atoms with E-state index >= 15 is 0 Å². The first-order chi connectivity index (χ1) is 38.1. The molecule has 12 unspecified atom stereocenters. The number of amides is 1. The number of carbonyl (C=O) groups excluding carboxylic acids is 1. The third-order valence-corrected chi connectivity index (χ3v) is 13.7. The van der Waals surface area contributed by atoms with Gasteiger partial charge in [-0.1, -0.05) is 206 Å². The monoisotopic (exact) mass is 1100 g/mol. The van der Waals surface area contributed by atoms with Crippen LogP contribution in [0.3, 0.4) is 0 Å². The Hall–Kier alpha value is -3.61. The molecule has 1 amide bonds. The summed E-state index contributed by atoms with van der Waals surface area (Å²) in [5, 5.41) is 86.6. The Bertz CT molecular complexity index is 1770. The van der Waals surface area contributed by atoms with Gasteiger partial charge in [0.25, 0.3) is 0 Å². The van der Waals surface area contributed by atoms with Gasteiger partial charge in [-0.05, 0) is 89.9 Å². The van der Waals surface area contributed by atoms with Crippen LogP contribution in [0.1, 0.15) is 181 Å². The molecule has 444 valence electrons. The maximum Gasteiger partial charge on any atom is 0.220 e. The van der Waals surface area contributed by atoms with Crippen LogP contribution in [-0.4, -0.2) is 140 Å². The van der Waals surface area contributed by atoms with E-state index in [1.54, 1.807) is 6.08 Å². The number of hydrogen-bond acceptors (Lipinski definition) is 13. The fourth-order valence-electron chi connectivity index (χ4n) is 8.87. The van der Waals surface area contributed by atoms with Crippen LogP contribution in [-0.2, 0) is 23.7 Å². The molecule has 0 aromatic heterocycles. The molecular weight excluding hydrogens is 991 g/mol. The summed E-state index contributed by atoms with van der Waals surface area (Å²) in [7, 11) is 0. The third kappa shape index (κ3) is 33.2. The first kappa shape index (κ1) is 70.5. The quantitative estimate of drug-likeness (QED) is 0.0205. The molecule has 2 rings (SSSR count). The summed E-state index contributed by atoms with van der Waals surface area (Å²) in [5.41, 5.74) is 0. The average molecular weight is 1100 g/mol. The van der Waals surface area contributed by atoms with Crippen LogP contribution in [0.25, 0.3) is 0 Å². The first-order valence-corrected chi connectivity index (χ1v) is 29.8. The Morgan fingerprint density at radius 2 is 0.885 bits per heavy atom. The first-order valence-electron chi connectivity index (χ1n) is 29.8. The highest BCUT2D eigenvalue weighted by atomic mass is 16.7. The molecule has 0 saturated carbocycles. The van der Waals surface area contributed by atoms with Gasteiger partial charge in [-0.15, -0.1) is 0 Å². The molecule has 2 aliphatic heterocycles. The van der Waals surface area contributed by atoms with Gasteiger partial charge in [-0.3, -0.25) is 4.79 Å². The molecule has 78 heavy (non-hydrogen) atoms. The predicted molar refractivity (Wildman–Crippen MR) is 313 cm³/mol. The summed E-state index contributed by atoms with van der Waals surface area (Å²) < 4.78 is 22.6. The van der Waals surface area contributed by atoms with Crippen molar-refractivity contribution in [2.24, 2.45) is 0 Å².